The lowest BCUT2D eigenvalue weighted by Gasteiger charge is -2.01. The van der Waals surface area contributed by atoms with Gasteiger partial charge in [-0.15, -0.1) is 11.6 Å². The maximum Gasteiger partial charge on any atom is 0.0703 e. The van der Waals surface area contributed by atoms with Crippen LogP contribution in [0.2, 0.25) is 0 Å². The van der Waals surface area contributed by atoms with E-state index in [2.05, 4.69) is 0 Å². The minimum Gasteiger partial charge on any atom is -0.392 e. The Balaban J connectivity index is 2.33. The Hall–Kier alpha value is 0.250. The van der Waals surface area contributed by atoms with Crippen molar-refractivity contribution in [2.75, 3.05) is 0 Å². The second-order valence-electron chi connectivity index (χ2n) is 2.01. The van der Waals surface area contributed by atoms with E-state index >= 15 is 0 Å². The molecule has 0 aromatic carbocycles. The van der Waals surface area contributed by atoms with Crippen LogP contribution in [0.5, 0.6) is 0 Å². The fourth-order valence-electron chi connectivity index (χ4n) is 0.895. The zero-order chi connectivity index (χ0) is 5.28. The van der Waals surface area contributed by atoms with Gasteiger partial charge in [0.05, 0.1) is 11.5 Å². The van der Waals surface area contributed by atoms with E-state index in [1.807, 2.05) is 0 Å². The summed E-state index contributed by atoms with van der Waals surface area (Å²) in [5.41, 5.74) is 0. The van der Waals surface area contributed by atoms with Crippen molar-refractivity contribution in [3.63, 3.8) is 0 Å². The first-order valence-corrected chi connectivity index (χ1v) is 3.06. The van der Waals surface area contributed by atoms with Crippen LogP contribution in [0.4, 0.5) is 0 Å². The number of alkyl halides is 1. The molecule has 1 aliphatic carbocycles. The van der Waals surface area contributed by atoms with Crippen LogP contribution in [0.25, 0.3) is 0 Å². The molecule has 0 spiro atoms. The van der Waals surface area contributed by atoms with Gasteiger partial charge in [0, 0.05) is 0 Å². The van der Waals surface area contributed by atoms with Crippen molar-refractivity contribution in [3.8, 4) is 0 Å². The summed E-state index contributed by atoms with van der Waals surface area (Å²) < 4.78 is 0. The first-order chi connectivity index (χ1) is 3.30. The lowest BCUT2D eigenvalue weighted by Crippen LogP contribution is -2.11. The van der Waals surface area contributed by atoms with Gasteiger partial charge in [0.15, 0.2) is 0 Å². The molecule has 7 heavy (non-hydrogen) atoms. The fraction of sp³-hybridized carbons (Fsp3) is 1.00. The first kappa shape index (κ1) is 5.39. The van der Waals surface area contributed by atoms with E-state index in [1.165, 1.54) is 0 Å². The molecule has 0 aliphatic heterocycles. The van der Waals surface area contributed by atoms with Crippen molar-refractivity contribution in [2.24, 2.45) is 0 Å². The van der Waals surface area contributed by atoms with Crippen LogP contribution in [0.3, 0.4) is 0 Å². The van der Waals surface area contributed by atoms with Crippen molar-refractivity contribution in [1.82, 2.24) is 0 Å². The Kier molecular flexibility index (Phi) is 1.55. The van der Waals surface area contributed by atoms with Gasteiger partial charge >= 0.3 is 0 Å². The summed E-state index contributed by atoms with van der Waals surface area (Å²) in [6, 6.07) is 0. The Morgan fingerprint density at radius 3 is 2.29 bits per heavy atom. The van der Waals surface area contributed by atoms with Crippen molar-refractivity contribution in [3.05, 3.63) is 0 Å². The van der Waals surface area contributed by atoms with Crippen LogP contribution in [-0.4, -0.2) is 16.6 Å². The van der Waals surface area contributed by atoms with Crippen LogP contribution in [0.15, 0.2) is 0 Å². The summed E-state index contributed by atoms with van der Waals surface area (Å²) >= 11 is 5.61. The van der Waals surface area contributed by atoms with Gasteiger partial charge in [-0.1, -0.05) is 0 Å². The molecule has 1 aliphatic rings. The normalized spacial score (nSPS) is 42.0. The highest BCUT2D eigenvalue weighted by atomic mass is 35.5. The largest absolute Gasteiger partial charge is 0.392 e. The van der Waals surface area contributed by atoms with E-state index in [0.717, 1.165) is 19.3 Å². The van der Waals surface area contributed by atoms with Crippen LogP contribution in [0, 0.1) is 0 Å². The van der Waals surface area contributed by atoms with Crippen LogP contribution < -0.4 is 0 Å². The minimum atomic E-state index is -0.221. The molecule has 1 nitrogen and oxygen atoms in total. The molecule has 0 radical (unpaired) electrons. The number of aliphatic hydroxyl groups excluding tert-OH is 1. The van der Waals surface area contributed by atoms with E-state index in [-0.39, 0.29) is 11.5 Å². The Morgan fingerprint density at radius 2 is 2.14 bits per heavy atom. The quantitative estimate of drug-likeness (QED) is 0.476. The van der Waals surface area contributed by atoms with Gasteiger partial charge in [-0.05, 0) is 19.3 Å². The molecule has 1 N–H and O–H groups in total. The van der Waals surface area contributed by atoms with Crippen LogP contribution in [0.1, 0.15) is 19.3 Å². The maximum atomic E-state index is 8.87. The Morgan fingerprint density at radius 1 is 1.43 bits per heavy atom. The van der Waals surface area contributed by atoms with Gasteiger partial charge in [-0.2, -0.15) is 0 Å². The fourth-order valence-corrected chi connectivity index (χ4v) is 1.18. The summed E-state index contributed by atoms with van der Waals surface area (Å²) in [4.78, 5) is 0. The highest BCUT2D eigenvalue weighted by Gasteiger charge is 2.21. The summed E-state index contributed by atoms with van der Waals surface area (Å²) in [5, 5.41) is 8.91. The molecule has 0 saturated heterocycles. The predicted octanol–water partition coefficient (Wildman–Crippen LogP) is 1.14. The number of halogens is 1. The first-order valence-electron chi connectivity index (χ1n) is 2.63. The molecule has 1 fully saturated rings. The maximum absolute atomic E-state index is 8.87. The van der Waals surface area contributed by atoms with Gasteiger partial charge < -0.3 is 5.11 Å². The highest BCUT2D eigenvalue weighted by molar-refractivity contribution is 6.21. The zero-order valence-electron chi connectivity index (χ0n) is 4.10. The van der Waals surface area contributed by atoms with Crippen molar-refractivity contribution in [1.29, 1.82) is 0 Å². The minimum absolute atomic E-state index is 0.0417. The second kappa shape index (κ2) is 2.01. The molecule has 0 aromatic rings. The topological polar surface area (TPSA) is 20.2 Å². The van der Waals surface area contributed by atoms with Crippen molar-refractivity contribution >= 4 is 11.6 Å². The van der Waals surface area contributed by atoms with Gasteiger partial charge in [0.1, 0.15) is 0 Å². The van der Waals surface area contributed by atoms with Crippen LogP contribution >= 0.6 is 11.6 Å². The van der Waals surface area contributed by atoms with E-state index in [4.69, 9.17) is 16.7 Å². The SMILES string of the molecule is OC1CCCC1Cl. The van der Waals surface area contributed by atoms with E-state index in [0.29, 0.717) is 0 Å². The second-order valence-corrected chi connectivity index (χ2v) is 2.57. The molecule has 0 heterocycles. The van der Waals surface area contributed by atoms with Crippen molar-refractivity contribution < 1.29 is 5.11 Å². The molecule has 0 aromatic heterocycles. The van der Waals surface area contributed by atoms with Crippen LogP contribution in [-0.2, 0) is 0 Å². The van der Waals surface area contributed by atoms with E-state index < -0.39 is 0 Å². The van der Waals surface area contributed by atoms with E-state index in [1.54, 1.807) is 0 Å². The molecule has 2 heteroatoms. The lowest BCUT2D eigenvalue weighted by molar-refractivity contribution is 0.186. The molecule has 1 rings (SSSR count). The Labute approximate surface area is 48.3 Å². The average Bonchev–Trinajstić information content (AvgIpc) is 1.91. The third-order valence-corrected chi connectivity index (χ3v) is 1.91. The molecule has 1 saturated carbocycles. The van der Waals surface area contributed by atoms with Gasteiger partial charge in [0.2, 0.25) is 0 Å². The highest BCUT2D eigenvalue weighted by Crippen LogP contribution is 2.23. The molecular weight excluding hydrogens is 112 g/mol. The van der Waals surface area contributed by atoms with E-state index in [9.17, 15) is 0 Å². The number of hydrogen-bond donors (Lipinski definition) is 1. The summed E-state index contributed by atoms with van der Waals surface area (Å²) in [7, 11) is 0. The summed E-state index contributed by atoms with van der Waals surface area (Å²) in [6.45, 7) is 0. The van der Waals surface area contributed by atoms with Crippen molar-refractivity contribution in [2.45, 2.75) is 30.7 Å². The monoisotopic (exact) mass is 120 g/mol. The third-order valence-electron chi connectivity index (χ3n) is 1.40. The smallest absolute Gasteiger partial charge is 0.0703 e. The molecule has 0 amide bonds. The average molecular weight is 121 g/mol. The van der Waals surface area contributed by atoms with Gasteiger partial charge in [-0.3, -0.25) is 0 Å². The summed E-state index contributed by atoms with van der Waals surface area (Å²) in [6.07, 6.45) is 2.76. The molecular formula is C5H9ClO. The molecule has 2 atom stereocenters. The zero-order valence-corrected chi connectivity index (χ0v) is 4.86. The summed E-state index contributed by atoms with van der Waals surface area (Å²) in [5.74, 6) is 0. The third kappa shape index (κ3) is 1.07. The predicted molar refractivity (Wildman–Crippen MR) is 29.5 cm³/mol. The Bertz CT molecular complexity index is 57.1. The molecule has 42 valence electrons. The van der Waals surface area contributed by atoms with Gasteiger partial charge in [0.25, 0.3) is 0 Å². The molecule has 2 unspecified atom stereocenters. The number of aliphatic hydroxyl groups is 1. The molecule has 0 bridgehead atoms. The lowest BCUT2D eigenvalue weighted by atomic mass is 10.3. The van der Waals surface area contributed by atoms with Gasteiger partial charge in [-0.25, -0.2) is 0 Å². The standard InChI is InChI=1S/C5H9ClO/c6-4-2-1-3-5(4)7/h4-5,7H,1-3H2. The number of hydrogen-bond acceptors (Lipinski definition) is 1. The number of rotatable bonds is 0.